The number of Topliss-reactive ketones (excluding diaryl/α,β-unsaturated/α-hetero) is 1. The van der Waals surface area contributed by atoms with Crippen LogP contribution < -0.4 is 14.2 Å². The topological polar surface area (TPSA) is 94.5 Å². The molecule has 1 saturated heterocycles. The zero-order chi connectivity index (χ0) is 25.7. The van der Waals surface area contributed by atoms with E-state index in [9.17, 15) is 19.1 Å². The molecule has 1 aliphatic heterocycles. The van der Waals surface area contributed by atoms with Gasteiger partial charge in [0.1, 0.15) is 17.3 Å². The van der Waals surface area contributed by atoms with Crippen molar-refractivity contribution in [3.63, 3.8) is 0 Å². The van der Waals surface area contributed by atoms with Gasteiger partial charge < -0.3 is 29.0 Å². The lowest BCUT2D eigenvalue weighted by molar-refractivity contribution is -0.140. The van der Waals surface area contributed by atoms with Gasteiger partial charge in [-0.3, -0.25) is 9.59 Å². The van der Waals surface area contributed by atoms with E-state index >= 15 is 0 Å². The number of aliphatic hydroxyl groups is 1. The van der Waals surface area contributed by atoms with Crippen LogP contribution in [-0.4, -0.2) is 62.3 Å². The van der Waals surface area contributed by atoms with Gasteiger partial charge in [-0.25, -0.2) is 4.39 Å². The molecule has 1 unspecified atom stereocenters. The van der Waals surface area contributed by atoms with Crippen molar-refractivity contribution in [2.45, 2.75) is 32.4 Å². The lowest BCUT2D eigenvalue weighted by Gasteiger charge is -2.26. The molecule has 1 fully saturated rings. The van der Waals surface area contributed by atoms with E-state index in [4.69, 9.17) is 18.9 Å². The van der Waals surface area contributed by atoms with Gasteiger partial charge in [-0.05, 0) is 56.2 Å². The summed E-state index contributed by atoms with van der Waals surface area (Å²) in [6, 6.07) is 7.61. The number of likely N-dealkylation sites (tertiary alicyclic amines) is 1. The van der Waals surface area contributed by atoms with Crippen LogP contribution in [0.2, 0.25) is 0 Å². The number of rotatable bonds is 10. The monoisotopic (exact) mass is 487 g/mol. The third kappa shape index (κ3) is 5.40. The largest absolute Gasteiger partial charge is 0.507 e. The molecule has 8 nitrogen and oxygen atoms in total. The van der Waals surface area contributed by atoms with Crippen LogP contribution in [-0.2, 0) is 14.3 Å². The van der Waals surface area contributed by atoms with Crippen molar-refractivity contribution in [2.24, 2.45) is 0 Å². The fourth-order valence-electron chi connectivity index (χ4n) is 4.04. The third-order valence-corrected chi connectivity index (χ3v) is 5.67. The van der Waals surface area contributed by atoms with Crippen LogP contribution in [0.3, 0.4) is 0 Å². The molecule has 2 aromatic rings. The molecule has 9 heteroatoms. The molecule has 1 amide bonds. The summed E-state index contributed by atoms with van der Waals surface area (Å²) < 4.78 is 35.6. The van der Waals surface area contributed by atoms with E-state index in [1.54, 1.807) is 18.2 Å². The molecule has 1 aliphatic rings. The highest BCUT2D eigenvalue weighted by Crippen LogP contribution is 2.43. The van der Waals surface area contributed by atoms with E-state index in [0.29, 0.717) is 30.1 Å². The highest BCUT2D eigenvalue weighted by molar-refractivity contribution is 6.46. The molecule has 1 atom stereocenters. The number of nitrogens with zero attached hydrogens (tertiary/aromatic N) is 1. The maximum absolute atomic E-state index is 14.1. The number of hydrogen-bond donors (Lipinski definition) is 1. The molecule has 0 aromatic heterocycles. The number of methoxy groups -OCH3 is 3. The van der Waals surface area contributed by atoms with Crippen LogP contribution >= 0.6 is 0 Å². The van der Waals surface area contributed by atoms with Crippen LogP contribution in [0, 0.1) is 5.82 Å². The number of ketones is 1. The number of carbonyl (C=O) groups is 2. The van der Waals surface area contributed by atoms with Crippen LogP contribution in [0.25, 0.3) is 5.76 Å². The zero-order valence-corrected chi connectivity index (χ0v) is 20.5. The Morgan fingerprint density at radius 1 is 1.00 bits per heavy atom. The van der Waals surface area contributed by atoms with Crippen LogP contribution in [0.5, 0.6) is 17.2 Å². The highest BCUT2D eigenvalue weighted by Gasteiger charge is 2.46. The van der Waals surface area contributed by atoms with Gasteiger partial charge in [0.05, 0.1) is 44.6 Å². The minimum Gasteiger partial charge on any atom is -0.507 e. The Labute approximate surface area is 203 Å². The quantitative estimate of drug-likeness (QED) is 0.233. The van der Waals surface area contributed by atoms with E-state index in [0.717, 1.165) is 6.07 Å². The van der Waals surface area contributed by atoms with Crippen molar-refractivity contribution in [3.05, 3.63) is 58.9 Å². The number of ether oxygens (including phenoxy) is 4. The molecular formula is C26H30FNO7. The van der Waals surface area contributed by atoms with Gasteiger partial charge in [-0.2, -0.15) is 0 Å². The summed E-state index contributed by atoms with van der Waals surface area (Å²) in [6.07, 6.45) is 0.491. The van der Waals surface area contributed by atoms with E-state index in [1.165, 1.54) is 38.4 Å². The molecule has 0 saturated carbocycles. The first kappa shape index (κ1) is 26.0. The van der Waals surface area contributed by atoms with Crippen LogP contribution in [0.1, 0.15) is 37.4 Å². The Morgan fingerprint density at radius 3 is 2.29 bits per heavy atom. The van der Waals surface area contributed by atoms with Gasteiger partial charge in [-0.15, -0.1) is 0 Å². The van der Waals surface area contributed by atoms with Gasteiger partial charge in [0.2, 0.25) is 0 Å². The maximum Gasteiger partial charge on any atom is 0.295 e. The van der Waals surface area contributed by atoms with Gasteiger partial charge >= 0.3 is 0 Å². The van der Waals surface area contributed by atoms with Crippen molar-refractivity contribution < 1.29 is 38.0 Å². The molecule has 1 N–H and O–H groups in total. The van der Waals surface area contributed by atoms with Crippen molar-refractivity contribution in [1.29, 1.82) is 0 Å². The number of amides is 1. The van der Waals surface area contributed by atoms with Crippen molar-refractivity contribution in [2.75, 3.05) is 34.5 Å². The number of halogens is 1. The number of carbonyl (C=O) groups excluding carboxylic acids is 2. The fourth-order valence-corrected chi connectivity index (χ4v) is 4.04. The lowest BCUT2D eigenvalue weighted by atomic mass is 9.94. The minimum atomic E-state index is -0.943. The first-order valence-corrected chi connectivity index (χ1v) is 11.2. The number of benzene rings is 2. The second-order valence-electron chi connectivity index (χ2n) is 8.22. The number of hydrogen-bond acceptors (Lipinski definition) is 7. The SMILES string of the molecule is COc1ccc(C2/C(=C(\O)c3cc(F)ccc3OC)C(=O)C(=O)N2CCCOC(C)C)cc1OC. The molecule has 188 valence electrons. The standard InChI is InChI=1S/C26H30FNO7/c1-15(2)35-12-6-11-28-23(16-7-9-20(33-4)21(13-16)34-5)22(25(30)26(28)31)24(29)18-14-17(27)8-10-19(18)32-3/h7-10,13-15,23,29H,6,11-12H2,1-5H3/b24-22+. The summed E-state index contributed by atoms with van der Waals surface area (Å²) in [5, 5.41) is 11.2. The fraction of sp³-hybridized carbons (Fsp3) is 0.385. The predicted octanol–water partition coefficient (Wildman–Crippen LogP) is 4.09. The molecule has 0 bridgehead atoms. The Hall–Kier alpha value is -3.59. The summed E-state index contributed by atoms with van der Waals surface area (Å²) >= 11 is 0. The molecule has 0 radical (unpaired) electrons. The third-order valence-electron chi connectivity index (χ3n) is 5.67. The molecule has 3 rings (SSSR count). The predicted molar refractivity (Wildman–Crippen MR) is 127 cm³/mol. The van der Waals surface area contributed by atoms with Crippen LogP contribution in [0.4, 0.5) is 4.39 Å². The second-order valence-corrected chi connectivity index (χ2v) is 8.22. The highest BCUT2D eigenvalue weighted by atomic mass is 19.1. The smallest absolute Gasteiger partial charge is 0.295 e. The van der Waals surface area contributed by atoms with Crippen LogP contribution in [0.15, 0.2) is 42.0 Å². The summed E-state index contributed by atoms with van der Waals surface area (Å²) in [6.45, 7) is 4.40. The summed E-state index contributed by atoms with van der Waals surface area (Å²) in [4.78, 5) is 27.7. The summed E-state index contributed by atoms with van der Waals surface area (Å²) in [5.41, 5.74) is 0.318. The van der Waals surface area contributed by atoms with E-state index < -0.39 is 29.3 Å². The van der Waals surface area contributed by atoms with Crippen molar-refractivity contribution in [1.82, 2.24) is 4.90 Å². The lowest BCUT2D eigenvalue weighted by Crippen LogP contribution is -2.31. The first-order valence-electron chi connectivity index (χ1n) is 11.2. The Bertz CT molecular complexity index is 1130. The van der Waals surface area contributed by atoms with Gasteiger partial charge in [0, 0.05) is 13.2 Å². The van der Waals surface area contributed by atoms with E-state index in [-0.39, 0.29) is 29.5 Å². The average molecular weight is 488 g/mol. The Kier molecular flexibility index (Phi) is 8.34. The molecule has 2 aromatic carbocycles. The van der Waals surface area contributed by atoms with Crippen molar-refractivity contribution in [3.8, 4) is 17.2 Å². The molecule has 0 spiro atoms. The normalized spacial score (nSPS) is 17.2. The minimum absolute atomic E-state index is 0.0208. The molecular weight excluding hydrogens is 457 g/mol. The Morgan fingerprint density at radius 2 is 1.66 bits per heavy atom. The zero-order valence-electron chi connectivity index (χ0n) is 20.5. The van der Waals surface area contributed by atoms with E-state index in [1.807, 2.05) is 13.8 Å². The summed E-state index contributed by atoms with van der Waals surface area (Å²) in [7, 11) is 4.33. The maximum atomic E-state index is 14.1. The van der Waals surface area contributed by atoms with Crippen molar-refractivity contribution >= 4 is 17.4 Å². The van der Waals surface area contributed by atoms with Gasteiger partial charge in [-0.1, -0.05) is 6.07 Å². The van der Waals surface area contributed by atoms with Gasteiger partial charge in [0.15, 0.2) is 11.5 Å². The van der Waals surface area contributed by atoms with E-state index in [2.05, 4.69) is 0 Å². The number of aliphatic hydroxyl groups excluding tert-OH is 1. The summed E-state index contributed by atoms with van der Waals surface area (Å²) in [5.74, 6) is -1.79. The Balaban J connectivity index is 2.16. The first-order chi connectivity index (χ1) is 16.7. The molecule has 35 heavy (non-hydrogen) atoms. The second kappa shape index (κ2) is 11.2. The molecule has 1 heterocycles. The molecule has 0 aliphatic carbocycles. The van der Waals surface area contributed by atoms with Gasteiger partial charge in [0.25, 0.3) is 11.7 Å². The average Bonchev–Trinajstić information content (AvgIpc) is 3.10.